The lowest BCUT2D eigenvalue weighted by Gasteiger charge is -2.23. The number of hydrogen-bond acceptors (Lipinski definition) is 4. The number of benzene rings is 1. The van der Waals surface area contributed by atoms with Gasteiger partial charge in [0, 0.05) is 23.0 Å². The van der Waals surface area contributed by atoms with Crippen LogP contribution in [0.5, 0.6) is 5.75 Å². The van der Waals surface area contributed by atoms with E-state index in [0.29, 0.717) is 17.7 Å². The normalized spacial score (nSPS) is 24.7. The second-order valence-corrected chi connectivity index (χ2v) is 5.99. The van der Waals surface area contributed by atoms with Crippen molar-refractivity contribution in [3.8, 4) is 5.75 Å². The molecule has 0 radical (unpaired) electrons. The van der Waals surface area contributed by atoms with Gasteiger partial charge in [-0.15, -0.1) is 11.8 Å². The number of hydrogen-bond donors (Lipinski definition) is 2. The molecular weight excluding hydrogens is 244 g/mol. The molecule has 4 heteroatoms. The SMILES string of the molecule is CSc1ccc(C)c(O)c1C1CC(CN)CN1C. The molecule has 1 saturated heterocycles. The molecule has 3 nitrogen and oxygen atoms in total. The lowest BCUT2D eigenvalue weighted by atomic mass is 9.97. The Morgan fingerprint density at radius 2 is 2.22 bits per heavy atom. The minimum Gasteiger partial charge on any atom is -0.507 e. The summed E-state index contributed by atoms with van der Waals surface area (Å²) in [7, 11) is 2.12. The summed E-state index contributed by atoms with van der Waals surface area (Å²) in [6.07, 6.45) is 3.10. The average Bonchev–Trinajstić information content (AvgIpc) is 2.73. The number of phenols is 1. The van der Waals surface area contributed by atoms with Gasteiger partial charge < -0.3 is 10.8 Å². The zero-order valence-electron chi connectivity index (χ0n) is 11.3. The number of likely N-dealkylation sites (tertiary alicyclic amines) is 1. The molecule has 2 unspecified atom stereocenters. The molecule has 1 aromatic rings. The number of thioether (sulfide) groups is 1. The van der Waals surface area contributed by atoms with Crippen molar-refractivity contribution in [3.63, 3.8) is 0 Å². The first-order valence-corrected chi connectivity index (χ1v) is 7.57. The van der Waals surface area contributed by atoms with E-state index >= 15 is 0 Å². The Balaban J connectivity index is 2.41. The van der Waals surface area contributed by atoms with Crippen LogP contribution in [0.3, 0.4) is 0 Å². The summed E-state index contributed by atoms with van der Waals surface area (Å²) in [4.78, 5) is 3.48. The summed E-state index contributed by atoms with van der Waals surface area (Å²) in [5.41, 5.74) is 7.82. The first-order valence-electron chi connectivity index (χ1n) is 6.35. The van der Waals surface area contributed by atoms with Crippen LogP contribution in [-0.2, 0) is 0 Å². The molecule has 18 heavy (non-hydrogen) atoms. The summed E-state index contributed by atoms with van der Waals surface area (Å²) in [6.45, 7) is 3.70. The minimum atomic E-state index is 0.292. The average molecular weight is 266 g/mol. The van der Waals surface area contributed by atoms with Gasteiger partial charge in [0.15, 0.2) is 0 Å². The largest absolute Gasteiger partial charge is 0.507 e. The molecule has 0 saturated carbocycles. The summed E-state index contributed by atoms with van der Waals surface area (Å²) in [6, 6.07) is 4.39. The van der Waals surface area contributed by atoms with Crippen LogP contribution in [-0.4, -0.2) is 36.4 Å². The molecule has 1 heterocycles. The van der Waals surface area contributed by atoms with Gasteiger partial charge in [0.25, 0.3) is 0 Å². The smallest absolute Gasteiger partial charge is 0.124 e. The maximum absolute atomic E-state index is 10.4. The Morgan fingerprint density at radius 3 is 2.78 bits per heavy atom. The van der Waals surface area contributed by atoms with Gasteiger partial charge in [-0.1, -0.05) is 6.07 Å². The molecular formula is C14H22N2OS. The van der Waals surface area contributed by atoms with Crippen molar-refractivity contribution in [2.75, 3.05) is 26.4 Å². The zero-order chi connectivity index (χ0) is 13.3. The van der Waals surface area contributed by atoms with Crippen molar-refractivity contribution >= 4 is 11.8 Å². The molecule has 0 bridgehead atoms. The predicted octanol–water partition coefficient (Wildman–Crippen LogP) is 2.37. The van der Waals surface area contributed by atoms with Gasteiger partial charge in [0.05, 0.1) is 0 Å². The first-order chi connectivity index (χ1) is 8.58. The molecule has 0 aliphatic carbocycles. The maximum atomic E-state index is 10.4. The molecule has 3 N–H and O–H groups in total. The van der Waals surface area contributed by atoms with Crippen molar-refractivity contribution in [2.45, 2.75) is 24.3 Å². The molecule has 2 rings (SSSR count). The second-order valence-electron chi connectivity index (χ2n) is 5.14. The van der Waals surface area contributed by atoms with E-state index in [1.165, 1.54) is 4.90 Å². The van der Waals surface area contributed by atoms with E-state index in [4.69, 9.17) is 5.73 Å². The maximum Gasteiger partial charge on any atom is 0.124 e. The molecule has 1 aromatic carbocycles. The van der Waals surface area contributed by atoms with E-state index in [1.54, 1.807) is 11.8 Å². The van der Waals surface area contributed by atoms with Crippen molar-refractivity contribution in [1.29, 1.82) is 0 Å². The molecule has 0 aromatic heterocycles. The summed E-state index contributed by atoms with van der Waals surface area (Å²) in [5, 5.41) is 10.4. The van der Waals surface area contributed by atoms with Crippen molar-refractivity contribution in [3.05, 3.63) is 23.3 Å². The van der Waals surface area contributed by atoms with Crippen LogP contribution in [0.15, 0.2) is 17.0 Å². The molecule has 2 atom stereocenters. The third kappa shape index (κ3) is 2.37. The fraction of sp³-hybridized carbons (Fsp3) is 0.571. The number of nitrogens with two attached hydrogens (primary N) is 1. The first kappa shape index (κ1) is 13.7. The second kappa shape index (κ2) is 5.51. The number of rotatable bonds is 3. The summed E-state index contributed by atoms with van der Waals surface area (Å²) in [5.74, 6) is 0.992. The van der Waals surface area contributed by atoms with Gasteiger partial charge >= 0.3 is 0 Å². The highest BCUT2D eigenvalue weighted by Gasteiger charge is 2.33. The Bertz CT molecular complexity index is 436. The van der Waals surface area contributed by atoms with E-state index < -0.39 is 0 Å². The lowest BCUT2D eigenvalue weighted by molar-refractivity contribution is 0.302. The molecule has 0 amide bonds. The van der Waals surface area contributed by atoms with Gasteiger partial charge in [-0.2, -0.15) is 0 Å². The summed E-state index contributed by atoms with van der Waals surface area (Å²) >= 11 is 1.70. The van der Waals surface area contributed by atoms with Gasteiger partial charge in [-0.3, -0.25) is 4.90 Å². The third-order valence-corrected chi connectivity index (χ3v) is 4.70. The number of nitrogens with zero attached hydrogens (tertiary/aromatic N) is 1. The predicted molar refractivity (Wildman–Crippen MR) is 77.2 cm³/mol. The van der Waals surface area contributed by atoms with Crippen LogP contribution in [0.1, 0.15) is 23.6 Å². The highest BCUT2D eigenvalue weighted by atomic mass is 32.2. The van der Waals surface area contributed by atoms with Crippen LogP contribution in [0, 0.1) is 12.8 Å². The third-order valence-electron chi connectivity index (χ3n) is 3.90. The molecule has 1 aliphatic rings. The van der Waals surface area contributed by atoms with Gasteiger partial charge in [-0.25, -0.2) is 0 Å². The van der Waals surface area contributed by atoms with E-state index in [1.807, 2.05) is 13.0 Å². The van der Waals surface area contributed by atoms with Crippen LogP contribution in [0.2, 0.25) is 0 Å². The zero-order valence-corrected chi connectivity index (χ0v) is 12.1. The van der Waals surface area contributed by atoms with Crippen LogP contribution in [0.4, 0.5) is 0 Å². The molecule has 100 valence electrons. The van der Waals surface area contributed by atoms with Crippen molar-refractivity contribution in [2.24, 2.45) is 11.7 Å². The van der Waals surface area contributed by atoms with Crippen LogP contribution in [0.25, 0.3) is 0 Å². The van der Waals surface area contributed by atoms with Gasteiger partial charge in [-0.05, 0) is 50.7 Å². The van der Waals surface area contributed by atoms with Crippen molar-refractivity contribution in [1.82, 2.24) is 4.90 Å². The van der Waals surface area contributed by atoms with E-state index in [-0.39, 0.29) is 0 Å². The Hall–Kier alpha value is -0.710. The highest BCUT2D eigenvalue weighted by molar-refractivity contribution is 7.98. The van der Waals surface area contributed by atoms with E-state index in [9.17, 15) is 5.11 Å². The standard InChI is InChI=1S/C14H22N2OS/c1-9-4-5-12(18-3)13(14(9)17)11-6-10(7-15)8-16(11)2/h4-5,10-11,17H,6-8,15H2,1-3H3. The Morgan fingerprint density at radius 1 is 1.50 bits per heavy atom. The molecule has 1 aliphatic heterocycles. The number of aromatic hydroxyl groups is 1. The van der Waals surface area contributed by atoms with Gasteiger partial charge in [0.2, 0.25) is 0 Å². The van der Waals surface area contributed by atoms with Crippen molar-refractivity contribution < 1.29 is 5.11 Å². The van der Waals surface area contributed by atoms with Crippen LogP contribution < -0.4 is 5.73 Å². The fourth-order valence-corrected chi connectivity index (χ4v) is 3.47. The quantitative estimate of drug-likeness (QED) is 0.825. The van der Waals surface area contributed by atoms with Gasteiger partial charge in [0.1, 0.15) is 5.75 Å². The van der Waals surface area contributed by atoms with E-state index in [2.05, 4.69) is 24.3 Å². The Kier molecular flexibility index (Phi) is 4.20. The monoisotopic (exact) mass is 266 g/mol. The molecule has 0 spiro atoms. The minimum absolute atomic E-state index is 0.292. The van der Waals surface area contributed by atoms with Crippen LogP contribution >= 0.6 is 11.8 Å². The fourth-order valence-electron chi connectivity index (χ4n) is 2.81. The molecule has 1 fully saturated rings. The Labute approximate surface area is 113 Å². The number of aryl methyl sites for hydroxylation is 1. The number of phenolic OH excluding ortho intramolecular Hbond substituents is 1. The highest BCUT2D eigenvalue weighted by Crippen LogP contribution is 2.43. The lowest BCUT2D eigenvalue weighted by Crippen LogP contribution is -2.21. The summed E-state index contributed by atoms with van der Waals surface area (Å²) < 4.78 is 0. The topological polar surface area (TPSA) is 49.5 Å². The van der Waals surface area contributed by atoms with E-state index in [0.717, 1.165) is 30.6 Å².